The lowest BCUT2D eigenvalue weighted by Crippen LogP contribution is -2.51. The molecular weight excluding hydrogens is 206 g/mol. The molecule has 2 aliphatic rings. The minimum absolute atomic E-state index is 0.195. The first kappa shape index (κ1) is 13.4. The second-order valence-corrected chi connectivity index (χ2v) is 7.28. The Labute approximate surface area is 108 Å². The maximum Gasteiger partial charge on any atom is 0.0183 e. The topological polar surface area (TPSA) is 26.0 Å². The summed E-state index contributed by atoms with van der Waals surface area (Å²) in [5.74, 6) is 3.52. The molecule has 1 nitrogen and oxygen atoms in total. The Morgan fingerprint density at radius 2 is 1.71 bits per heavy atom. The van der Waals surface area contributed by atoms with E-state index in [-0.39, 0.29) is 5.54 Å². The molecule has 2 fully saturated rings. The fourth-order valence-electron chi connectivity index (χ4n) is 4.21. The lowest BCUT2D eigenvalue weighted by atomic mass is 9.63. The quantitative estimate of drug-likeness (QED) is 0.759. The van der Waals surface area contributed by atoms with E-state index in [9.17, 15) is 0 Å². The van der Waals surface area contributed by atoms with Crippen molar-refractivity contribution in [3.05, 3.63) is 0 Å². The Balaban J connectivity index is 1.92. The first-order valence-electron chi connectivity index (χ1n) is 7.80. The van der Waals surface area contributed by atoms with Gasteiger partial charge in [0, 0.05) is 5.54 Å². The molecular formula is C16H31N. The first-order chi connectivity index (χ1) is 8.01. The summed E-state index contributed by atoms with van der Waals surface area (Å²) in [5, 5.41) is 0. The van der Waals surface area contributed by atoms with Gasteiger partial charge in [0.2, 0.25) is 0 Å². The summed E-state index contributed by atoms with van der Waals surface area (Å²) >= 11 is 0. The van der Waals surface area contributed by atoms with Gasteiger partial charge in [0.25, 0.3) is 0 Å². The van der Waals surface area contributed by atoms with Crippen molar-refractivity contribution < 1.29 is 0 Å². The lowest BCUT2D eigenvalue weighted by molar-refractivity contribution is 0.0999. The van der Waals surface area contributed by atoms with Gasteiger partial charge >= 0.3 is 0 Å². The molecule has 0 amide bonds. The zero-order valence-electron chi connectivity index (χ0n) is 12.0. The summed E-state index contributed by atoms with van der Waals surface area (Å²) in [4.78, 5) is 0. The Morgan fingerprint density at radius 3 is 2.24 bits per heavy atom. The molecule has 100 valence electrons. The first-order valence-corrected chi connectivity index (χ1v) is 7.80. The van der Waals surface area contributed by atoms with Crippen molar-refractivity contribution >= 4 is 0 Å². The highest BCUT2D eigenvalue weighted by atomic mass is 14.8. The lowest BCUT2D eigenvalue weighted by Gasteiger charge is -2.46. The van der Waals surface area contributed by atoms with Gasteiger partial charge in [-0.15, -0.1) is 0 Å². The van der Waals surface area contributed by atoms with Crippen LogP contribution in [0.1, 0.15) is 72.1 Å². The average molecular weight is 237 g/mol. The van der Waals surface area contributed by atoms with E-state index in [1.165, 1.54) is 51.4 Å². The van der Waals surface area contributed by atoms with E-state index in [2.05, 4.69) is 20.8 Å². The highest BCUT2D eigenvalue weighted by Gasteiger charge is 2.40. The van der Waals surface area contributed by atoms with Gasteiger partial charge in [-0.05, 0) is 62.2 Å². The van der Waals surface area contributed by atoms with E-state index < -0.39 is 0 Å². The smallest absolute Gasteiger partial charge is 0.0183 e. The summed E-state index contributed by atoms with van der Waals surface area (Å²) < 4.78 is 0. The zero-order valence-corrected chi connectivity index (χ0v) is 12.0. The normalized spacial score (nSPS) is 43.9. The molecule has 0 aliphatic heterocycles. The van der Waals surface area contributed by atoms with E-state index in [0.29, 0.717) is 0 Å². The molecule has 0 bridgehead atoms. The fourth-order valence-corrected chi connectivity index (χ4v) is 4.21. The fraction of sp³-hybridized carbons (Fsp3) is 1.00. The molecule has 0 saturated heterocycles. The van der Waals surface area contributed by atoms with Gasteiger partial charge in [-0.25, -0.2) is 0 Å². The third-order valence-electron chi connectivity index (χ3n) is 5.65. The zero-order chi connectivity index (χ0) is 12.5. The second-order valence-electron chi connectivity index (χ2n) is 7.28. The number of nitrogens with two attached hydrogens (primary N) is 1. The van der Waals surface area contributed by atoms with Crippen LogP contribution in [-0.2, 0) is 0 Å². The maximum absolute atomic E-state index is 6.76. The molecule has 2 saturated carbocycles. The minimum Gasteiger partial charge on any atom is -0.325 e. The third-order valence-corrected chi connectivity index (χ3v) is 5.65. The Bertz CT molecular complexity index is 238. The van der Waals surface area contributed by atoms with E-state index in [1.807, 2.05) is 0 Å². The van der Waals surface area contributed by atoms with Gasteiger partial charge in [0.15, 0.2) is 0 Å². The summed E-state index contributed by atoms with van der Waals surface area (Å²) in [7, 11) is 0. The molecule has 0 aromatic heterocycles. The van der Waals surface area contributed by atoms with Gasteiger partial charge in [0.1, 0.15) is 0 Å². The van der Waals surface area contributed by atoms with Crippen LogP contribution < -0.4 is 5.73 Å². The van der Waals surface area contributed by atoms with Crippen molar-refractivity contribution in [3.8, 4) is 0 Å². The van der Waals surface area contributed by atoms with Crippen molar-refractivity contribution in [2.45, 2.75) is 77.7 Å². The molecule has 2 rings (SSSR count). The highest BCUT2D eigenvalue weighted by molar-refractivity contribution is 4.97. The van der Waals surface area contributed by atoms with Crippen LogP contribution >= 0.6 is 0 Å². The monoisotopic (exact) mass is 237 g/mol. The molecule has 0 spiro atoms. The summed E-state index contributed by atoms with van der Waals surface area (Å²) in [6.45, 7) is 7.16. The molecule has 0 radical (unpaired) electrons. The van der Waals surface area contributed by atoms with Gasteiger partial charge in [0.05, 0.1) is 0 Å². The summed E-state index contributed by atoms with van der Waals surface area (Å²) in [6.07, 6.45) is 11.0. The predicted octanol–water partition coefficient (Wildman–Crippen LogP) is 4.36. The van der Waals surface area contributed by atoms with Gasteiger partial charge < -0.3 is 5.73 Å². The average Bonchev–Trinajstić information content (AvgIpc) is 2.29. The van der Waals surface area contributed by atoms with Gasteiger partial charge in [-0.2, -0.15) is 0 Å². The van der Waals surface area contributed by atoms with E-state index in [0.717, 1.165) is 23.7 Å². The van der Waals surface area contributed by atoms with Crippen LogP contribution in [0.25, 0.3) is 0 Å². The molecule has 0 aromatic carbocycles. The van der Waals surface area contributed by atoms with Crippen LogP contribution in [0.15, 0.2) is 0 Å². The summed E-state index contributed by atoms with van der Waals surface area (Å²) in [5.41, 5.74) is 6.95. The minimum atomic E-state index is 0.195. The standard InChI is InChI=1S/C16H31N/c1-12(2)14-7-9-16(17,10-8-14)15-6-4-5-13(3)11-15/h12-15H,4-11,17H2,1-3H3. The highest BCUT2D eigenvalue weighted by Crippen LogP contribution is 2.44. The van der Waals surface area contributed by atoms with E-state index >= 15 is 0 Å². The Hall–Kier alpha value is -0.0400. The van der Waals surface area contributed by atoms with Crippen LogP contribution in [-0.4, -0.2) is 5.54 Å². The molecule has 2 unspecified atom stereocenters. The molecule has 0 heterocycles. The number of hydrogen-bond donors (Lipinski definition) is 1. The SMILES string of the molecule is CC1CCCC(C2(N)CCC(C(C)C)CC2)C1. The predicted molar refractivity (Wildman–Crippen MR) is 74.8 cm³/mol. The van der Waals surface area contributed by atoms with Crippen LogP contribution in [0, 0.1) is 23.7 Å². The van der Waals surface area contributed by atoms with Crippen LogP contribution in [0.3, 0.4) is 0 Å². The van der Waals surface area contributed by atoms with E-state index in [1.54, 1.807) is 0 Å². The summed E-state index contributed by atoms with van der Waals surface area (Å²) in [6, 6.07) is 0. The van der Waals surface area contributed by atoms with Crippen molar-refractivity contribution in [2.24, 2.45) is 29.4 Å². The van der Waals surface area contributed by atoms with Crippen LogP contribution in [0.4, 0.5) is 0 Å². The molecule has 2 atom stereocenters. The van der Waals surface area contributed by atoms with Crippen molar-refractivity contribution in [3.63, 3.8) is 0 Å². The third kappa shape index (κ3) is 3.05. The maximum atomic E-state index is 6.76. The molecule has 1 heteroatoms. The van der Waals surface area contributed by atoms with Crippen LogP contribution in [0.5, 0.6) is 0 Å². The number of rotatable bonds is 2. The Morgan fingerprint density at radius 1 is 1.06 bits per heavy atom. The van der Waals surface area contributed by atoms with Gasteiger partial charge in [-0.1, -0.05) is 33.6 Å². The Kier molecular flexibility index (Phi) is 4.18. The van der Waals surface area contributed by atoms with Crippen LogP contribution in [0.2, 0.25) is 0 Å². The number of hydrogen-bond acceptors (Lipinski definition) is 1. The molecule has 17 heavy (non-hydrogen) atoms. The van der Waals surface area contributed by atoms with Crippen molar-refractivity contribution in [1.29, 1.82) is 0 Å². The van der Waals surface area contributed by atoms with E-state index in [4.69, 9.17) is 5.73 Å². The molecule has 2 N–H and O–H groups in total. The largest absolute Gasteiger partial charge is 0.325 e. The van der Waals surface area contributed by atoms with Crippen molar-refractivity contribution in [1.82, 2.24) is 0 Å². The van der Waals surface area contributed by atoms with Gasteiger partial charge in [-0.3, -0.25) is 0 Å². The molecule has 0 aromatic rings. The van der Waals surface area contributed by atoms with Crippen molar-refractivity contribution in [2.75, 3.05) is 0 Å². The molecule has 2 aliphatic carbocycles. The second kappa shape index (κ2) is 5.30.